The Hall–Kier alpha value is -1.15. The van der Waals surface area contributed by atoms with Gasteiger partial charge in [0.2, 0.25) is 5.89 Å². The minimum Gasteiger partial charge on any atom is -0.364 e. The van der Waals surface area contributed by atoms with Gasteiger partial charge in [-0.25, -0.2) is 0 Å². The molecule has 5 nitrogen and oxygen atoms in total. The van der Waals surface area contributed by atoms with E-state index in [4.69, 9.17) is 4.52 Å². The molecule has 0 amide bonds. The van der Waals surface area contributed by atoms with Crippen molar-refractivity contribution in [3.63, 3.8) is 0 Å². The highest BCUT2D eigenvalue weighted by Gasteiger charge is 2.27. The highest BCUT2D eigenvalue weighted by Crippen LogP contribution is 2.15. The first-order valence-electron chi connectivity index (χ1n) is 7.01. The number of halogens is 3. The predicted octanol–water partition coefficient (Wildman–Crippen LogP) is 2.72. The molecule has 0 spiro atoms. The van der Waals surface area contributed by atoms with Crippen LogP contribution < -0.4 is 5.32 Å². The van der Waals surface area contributed by atoms with Crippen LogP contribution in [0.2, 0.25) is 0 Å². The Balaban J connectivity index is 2.46. The summed E-state index contributed by atoms with van der Waals surface area (Å²) in [5.41, 5.74) is 0. The molecule has 122 valence electrons. The standard InChI is InChI=1S/C13H22F3N3O2/c1-4-5-17-10(9(2)3)6-12-18-11(19-21-12)7-20-8-13(14,15)16/h9-10,17H,4-8H2,1-3H3. The van der Waals surface area contributed by atoms with Crippen molar-refractivity contribution in [2.24, 2.45) is 5.92 Å². The van der Waals surface area contributed by atoms with Crippen molar-refractivity contribution in [2.45, 2.75) is 52.4 Å². The van der Waals surface area contributed by atoms with E-state index in [1.165, 1.54) is 0 Å². The third-order valence-corrected chi connectivity index (χ3v) is 2.86. The molecule has 0 saturated carbocycles. The van der Waals surface area contributed by atoms with E-state index >= 15 is 0 Å². The van der Waals surface area contributed by atoms with Crippen molar-refractivity contribution >= 4 is 0 Å². The highest BCUT2D eigenvalue weighted by atomic mass is 19.4. The third kappa shape index (κ3) is 7.42. The molecule has 0 bridgehead atoms. The maximum Gasteiger partial charge on any atom is 0.411 e. The van der Waals surface area contributed by atoms with Crippen LogP contribution >= 0.6 is 0 Å². The van der Waals surface area contributed by atoms with Gasteiger partial charge in [-0.15, -0.1) is 0 Å². The lowest BCUT2D eigenvalue weighted by Gasteiger charge is -2.20. The minimum atomic E-state index is -4.35. The monoisotopic (exact) mass is 309 g/mol. The van der Waals surface area contributed by atoms with Crippen LogP contribution in [0.4, 0.5) is 13.2 Å². The molecule has 0 aliphatic heterocycles. The Bertz CT molecular complexity index is 408. The molecule has 1 aromatic heterocycles. The number of nitrogens with zero attached hydrogens (tertiary/aromatic N) is 2. The summed E-state index contributed by atoms with van der Waals surface area (Å²) in [5.74, 6) is 0.920. The number of aromatic nitrogens is 2. The molecule has 0 aliphatic rings. The molecular formula is C13H22F3N3O2. The number of rotatable bonds is 9. The molecule has 21 heavy (non-hydrogen) atoms. The van der Waals surface area contributed by atoms with Crippen molar-refractivity contribution < 1.29 is 22.4 Å². The number of nitrogens with one attached hydrogen (secondary N) is 1. The van der Waals surface area contributed by atoms with Crippen LogP contribution in [0.3, 0.4) is 0 Å². The molecule has 8 heteroatoms. The Morgan fingerprint density at radius 1 is 1.33 bits per heavy atom. The van der Waals surface area contributed by atoms with E-state index in [0.29, 0.717) is 18.2 Å². The zero-order valence-corrected chi connectivity index (χ0v) is 12.5. The Labute approximate surface area is 122 Å². The molecule has 0 aliphatic carbocycles. The van der Waals surface area contributed by atoms with Gasteiger partial charge in [0.05, 0.1) is 0 Å². The summed E-state index contributed by atoms with van der Waals surface area (Å²) in [7, 11) is 0. The first-order chi connectivity index (χ1) is 9.81. The van der Waals surface area contributed by atoms with E-state index in [1.54, 1.807) is 0 Å². The van der Waals surface area contributed by atoms with E-state index in [-0.39, 0.29) is 18.5 Å². The lowest BCUT2D eigenvalue weighted by molar-refractivity contribution is -0.177. The summed E-state index contributed by atoms with van der Waals surface area (Å²) in [6.45, 7) is 5.50. The first kappa shape index (κ1) is 17.9. The summed E-state index contributed by atoms with van der Waals surface area (Å²) in [5, 5.41) is 7.00. The molecule has 1 aromatic rings. The number of ether oxygens (including phenoxy) is 1. The van der Waals surface area contributed by atoms with Crippen LogP contribution in [0.1, 0.15) is 38.9 Å². The van der Waals surface area contributed by atoms with Crippen LogP contribution in [0, 0.1) is 5.92 Å². The fourth-order valence-corrected chi connectivity index (χ4v) is 1.75. The van der Waals surface area contributed by atoms with Gasteiger partial charge in [0.1, 0.15) is 13.2 Å². The largest absolute Gasteiger partial charge is 0.411 e. The van der Waals surface area contributed by atoms with Gasteiger partial charge in [-0.2, -0.15) is 18.2 Å². The van der Waals surface area contributed by atoms with Gasteiger partial charge in [0.15, 0.2) is 5.82 Å². The van der Waals surface area contributed by atoms with E-state index in [1.807, 2.05) is 0 Å². The second-order valence-electron chi connectivity index (χ2n) is 5.22. The summed E-state index contributed by atoms with van der Waals surface area (Å²) in [6.07, 6.45) is -2.78. The number of alkyl halides is 3. The van der Waals surface area contributed by atoms with E-state index in [0.717, 1.165) is 13.0 Å². The van der Waals surface area contributed by atoms with Gasteiger partial charge in [-0.1, -0.05) is 25.9 Å². The van der Waals surface area contributed by atoms with Crippen molar-refractivity contribution in [1.29, 1.82) is 0 Å². The number of hydrogen-bond donors (Lipinski definition) is 1. The van der Waals surface area contributed by atoms with Crippen molar-refractivity contribution in [1.82, 2.24) is 15.5 Å². The molecule has 0 fully saturated rings. The maximum absolute atomic E-state index is 11.9. The minimum absolute atomic E-state index is 0.132. The fraction of sp³-hybridized carbons (Fsp3) is 0.846. The average Bonchev–Trinajstić information content (AvgIpc) is 2.80. The predicted molar refractivity (Wildman–Crippen MR) is 70.6 cm³/mol. The second kappa shape index (κ2) is 8.33. The zero-order chi connectivity index (χ0) is 15.9. The van der Waals surface area contributed by atoms with Crippen molar-refractivity contribution in [3.05, 3.63) is 11.7 Å². The quantitative estimate of drug-likeness (QED) is 0.760. The topological polar surface area (TPSA) is 60.2 Å². The van der Waals surface area contributed by atoms with E-state index in [2.05, 4.69) is 41.0 Å². The summed E-state index contributed by atoms with van der Waals surface area (Å²) in [6, 6.07) is 0.189. The highest BCUT2D eigenvalue weighted by molar-refractivity contribution is 4.89. The fourth-order valence-electron chi connectivity index (χ4n) is 1.75. The Kier molecular flexibility index (Phi) is 7.10. The van der Waals surface area contributed by atoms with Gasteiger partial charge in [-0.05, 0) is 18.9 Å². The van der Waals surface area contributed by atoms with Crippen molar-refractivity contribution in [3.8, 4) is 0 Å². The lowest BCUT2D eigenvalue weighted by Crippen LogP contribution is -2.36. The lowest BCUT2D eigenvalue weighted by atomic mass is 10.0. The van der Waals surface area contributed by atoms with Crippen LogP contribution in [0.25, 0.3) is 0 Å². The van der Waals surface area contributed by atoms with Crippen LogP contribution in [-0.4, -0.2) is 35.5 Å². The SMILES string of the molecule is CCCNC(Cc1nc(COCC(F)(F)F)no1)C(C)C. The van der Waals surface area contributed by atoms with Gasteiger partial charge in [0.25, 0.3) is 0 Å². The van der Waals surface area contributed by atoms with Crippen LogP contribution in [-0.2, 0) is 17.8 Å². The normalized spacial score (nSPS) is 13.9. The number of hydrogen-bond acceptors (Lipinski definition) is 5. The van der Waals surface area contributed by atoms with Crippen LogP contribution in [0.5, 0.6) is 0 Å². The molecular weight excluding hydrogens is 287 g/mol. The molecule has 1 rings (SSSR count). The van der Waals surface area contributed by atoms with Crippen molar-refractivity contribution in [2.75, 3.05) is 13.2 Å². The smallest absolute Gasteiger partial charge is 0.364 e. The molecule has 1 unspecified atom stereocenters. The molecule has 0 radical (unpaired) electrons. The van der Waals surface area contributed by atoms with Gasteiger partial charge < -0.3 is 14.6 Å². The zero-order valence-electron chi connectivity index (χ0n) is 12.5. The first-order valence-corrected chi connectivity index (χ1v) is 7.01. The Morgan fingerprint density at radius 2 is 2.05 bits per heavy atom. The summed E-state index contributed by atoms with van der Waals surface area (Å²) in [4.78, 5) is 4.05. The average molecular weight is 309 g/mol. The van der Waals surface area contributed by atoms with E-state index < -0.39 is 12.8 Å². The summed E-state index contributed by atoms with van der Waals surface area (Å²) < 4.78 is 45.4. The van der Waals surface area contributed by atoms with Gasteiger partial charge >= 0.3 is 6.18 Å². The molecule has 1 heterocycles. The van der Waals surface area contributed by atoms with Gasteiger partial charge in [0, 0.05) is 12.5 Å². The molecule has 0 aromatic carbocycles. The molecule has 1 N–H and O–H groups in total. The third-order valence-electron chi connectivity index (χ3n) is 2.86. The summed E-state index contributed by atoms with van der Waals surface area (Å²) >= 11 is 0. The maximum atomic E-state index is 11.9. The second-order valence-corrected chi connectivity index (χ2v) is 5.22. The van der Waals surface area contributed by atoms with Gasteiger partial charge in [-0.3, -0.25) is 0 Å². The Morgan fingerprint density at radius 3 is 2.62 bits per heavy atom. The van der Waals surface area contributed by atoms with Crippen LogP contribution in [0.15, 0.2) is 4.52 Å². The van der Waals surface area contributed by atoms with E-state index in [9.17, 15) is 13.2 Å². The molecule has 0 saturated heterocycles. The molecule has 1 atom stereocenters.